The second-order valence-corrected chi connectivity index (χ2v) is 6.17. The third-order valence-electron chi connectivity index (χ3n) is 4.32. The van der Waals surface area contributed by atoms with Crippen LogP contribution in [0.15, 0.2) is 47.5 Å². The van der Waals surface area contributed by atoms with Gasteiger partial charge in [-0.1, -0.05) is 30.3 Å². The summed E-state index contributed by atoms with van der Waals surface area (Å²) in [6.07, 6.45) is 3.45. The molecule has 0 saturated carbocycles. The van der Waals surface area contributed by atoms with E-state index in [0.29, 0.717) is 13.1 Å². The number of hydrogen-bond acceptors (Lipinski definition) is 4. The average molecular weight is 326 g/mol. The summed E-state index contributed by atoms with van der Waals surface area (Å²) < 4.78 is 0. The Balaban J connectivity index is 1.51. The molecule has 3 rings (SSSR count). The van der Waals surface area contributed by atoms with Crippen LogP contribution in [-0.4, -0.2) is 40.4 Å². The normalized spacial score (nSPS) is 18.2. The molecule has 1 saturated heterocycles. The van der Waals surface area contributed by atoms with E-state index in [2.05, 4.69) is 20.2 Å². The molecule has 2 heterocycles. The van der Waals surface area contributed by atoms with Gasteiger partial charge in [0.15, 0.2) is 0 Å². The second-order valence-electron chi connectivity index (χ2n) is 6.17. The van der Waals surface area contributed by atoms with E-state index in [1.807, 2.05) is 30.3 Å². The number of likely N-dealkylation sites (tertiary alicyclic amines) is 1. The lowest BCUT2D eigenvalue weighted by Gasteiger charge is -2.31. The van der Waals surface area contributed by atoms with Gasteiger partial charge >= 0.3 is 0 Å². The second kappa shape index (κ2) is 7.88. The molecule has 0 radical (unpaired) electrons. The van der Waals surface area contributed by atoms with Gasteiger partial charge in [-0.25, -0.2) is 4.98 Å². The van der Waals surface area contributed by atoms with Crippen molar-refractivity contribution >= 4 is 5.91 Å². The van der Waals surface area contributed by atoms with Crippen LogP contribution in [0, 0.1) is 0 Å². The predicted octanol–water partition coefficient (Wildman–Crippen LogP) is 1.27. The topological polar surface area (TPSA) is 78.1 Å². The first-order chi connectivity index (χ1) is 11.7. The van der Waals surface area contributed by atoms with Gasteiger partial charge in [0.05, 0.1) is 18.6 Å². The maximum Gasteiger partial charge on any atom is 0.250 e. The third-order valence-corrected chi connectivity index (χ3v) is 4.32. The Morgan fingerprint density at radius 3 is 2.96 bits per heavy atom. The quantitative estimate of drug-likeness (QED) is 0.867. The first kappa shape index (κ1) is 16.4. The molecule has 0 bridgehead atoms. The van der Waals surface area contributed by atoms with E-state index >= 15 is 0 Å². The standard InChI is InChI=1S/C18H22N4O2/c23-17-9-16(20-13-21-17)15-7-4-8-22(11-15)12-18(24)19-10-14-5-2-1-3-6-14/h1-3,5-6,9,13,15H,4,7-8,10-12H2,(H,19,24)(H,20,21,23). The number of nitrogens with zero attached hydrogens (tertiary/aromatic N) is 2. The van der Waals surface area contributed by atoms with Crippen molar-refractivity contribution in [2.75, 3.05) is 19.6 Å². The number of carbonyl (C=O) groups excluding carboxylic acids is 1. The lowest BCUT2D eigenvalue weighted by Crippen LogP contribution is -2.42. The number of carbonyl (C=O) groups is 1. The fraction of sp³-hybridized carbons (Fsp3) is 0.389. The van der Waals surface area contributed by atoms with Crippen molar-refractivity contribution in [3.8, 4) is 0 Å². The van der Waals surface area contributed by atoms with Gasteiger partial charge in [-0.3, -0.25) is 14.5 Å². The Labute approximate surface area is 140 Å². The fourth-order valence-electron chi connectivity index (χ4n) is 3.10. The van der Waals surface area contributed by atoms with Crippen molar-refractivity contribution in [3.63, 3.8) is 0 Å². The van der Waals surface area contributed by atoms with Gasteiger partial charge in [-0.2, -0.15) is 0 Å². The SMILES string of the molecule is O=C(CN1CCCC(c2cc(=O)[nH]cn2)C1)NCc1ccccc1. The van der Waals surface area contributed by atoms with Gasteiger partial charge in [0.25, 0.3) is 5.56 Å². The van der Waals surface area contributed by atoms with E-state index in [4.69, 9.17) is 0 Å². The lowest BCUT2D eigenvalue weighted by atomic mass is 9.94. The number of aromatic nitrogens is 2. The van der Waals surface area contributed by atoms with E-state index in [1.165, 1.54) is 6.33 Å². The van der Waals surface area contributed by atoms with Crippen molar-refractivity contribution in [2.24, 2.45) is 0 Å². The van der Waals surface area contributed by atoms with E-state index in [-0.39, 0.29) is 17.4 Å². The number of aromatic amines is 1. The van der Waals surface area contributed by atoms with Crippen LogP contribution in [0.2, 0.25) is 0 Å². The molecule has 1 unspecified atom stereocenters. The zero-order valence-electron chi connectivity index (χ0n) is 13.6. The molecule has 1 atom stereocenters. The average Bonchev–Trinajstić information content (AvgIpc) is 2.61. The van der Waals surface area contributed by atoms with Crippen molar-refractivity contribution in [1.29, 1.82) is 0 Å². The summed E-state index contributed by atoms with van der Waals surface area (Å²) in [4.78, 5) is 32.5. The molecule has 2 aromatic rings. The Morgan fingerprint density at radius 2 is 2.17 bits per heavy atom. The van der Waals surface area contributed by atoms with Crippen LogP contribution in [0.4, 0.5) is 0 Å². The molecule has 0 aliphatic carbocycles. The van der Waals surface area contributed by atoms with E-state index in [0.717, 1.165) is 37.2 Å². The highest BCUT2D eigenvalue weighted by Crippen LogP contribution is 2.24. The summed E-state index contributed by atoms with van der Waals surface area (Å²) in [6, 6.07) is 11.4. The van der Waals surface area contributed by atoms with Crippen molar-refractivity contribution in [3.05, 3.63) is 64.3 Å². The number of hydrogen-bond donors (Lipinski definition) is 2. The number of nitrogens with one attached hydrogen (secondary N) is 2. The van der Waals surface area contributed by atoms with E-state index < -0.39 is 0 Å². The third kappa shape index (κ3) is 4.52. The summed E-state index contributed by atoms with van der Waals surface area (Å²) >= 11 is 0. The number of H-pyrrole nitrogens is 1. The molecular formula is C18H22N4O2. The molecule has 1 aliphatic rings. The smallest absolute Gasteiger partial charge is 0.250 e. The summed E-state index contributed by atoms with van der Waals surface area (Å²) in [5.41, 5.74) is 1.78. The number of benzene rings is 1. The van der Waals surface area contributed by atoms with Gasteiger partial charge in [-0.05, 0) is 24.9 Å². The summed E-state index contributed by atoms with van der Waals surface area (Å²) in [5.74, 6) is 0.237. The fourth-order valence-corrected chi connectivity index (χ4v) is 3.10. The zero-order valence-corrected chi connectivity index (χ0v) is 13.6. The number of rotatable bonds is 5. The highest BCUT2D eigenvalue weighted by atomic mass is 16.2. The first-order valence-electron chi connectivity index (χ1n) is 8.28. The number of piperidine rings is 1. The molecule has 24 heavy (non-hydrogen) atoms. The molecule has 1 amide bonds. The van der Waals surface area contributed by atoms with Crippen LogP contribution in [0.5, 0.6) is 0 Å². The minimum Gasteiger partial charge on any atom is -0.351 e. The molecule has 1 aromatic carbocycles. The Morgan fingerprint density at radius 1 is 1.33 bits per heavy atom. The minimum atomic E-state index is -0.127. The molecule has 0 spiro atoms. The molecular weight excluding hydrogens is 304 g/mol. The van der Waals surface area contributed by atoms with Crippen LogP contribution in [0.25, 0.3) is 0 Å². The molecule has 126 valence electrons. The highest BCUT2D eigenvalue weighted by molar-refractivity contribution is 5.78. The van der Waals surface area contributed by atoms with E-state index in [1.54, 1.807) is 6.07 Å². The largest absolute Gasteiger partial charge is 0.351 e. The Bertz CT molecular complexity index is 729. The maximum absolute atomic E-state index is 12.2. The lowest BCUT2D eigenvalue weighted by molar-refractivity contribution is -0.122. The predicted molar refractivity (Wildman–Crippen MR) is 91.6 cm³/mol. The van der Waals surface area contributed by atoms with Crippen LogP contribution in [-0.2, 0) is 11.3 Å². The Kier molecular flexibility index (Phi) is 5.38. The van der Waals surface area contributed by atoms with Crippen LogP contribution < -0.4 is 10.9 Å². The number of amides is 1. The van der Waals surface area contributed by atoms with Gasteiger partial charge in [-0.15, -0.1) is 0 Å². The molecule has 6 nitrogen and oxygen atoms in total. The van der Waals surface area contributed by atoms with Gasteiger partial charge in [0.2, 0.25) is 5.91 Å². The van der Waals surface area contributed by atoms with Crippen LogP contribution in [0.1, 0.15) is 30.0 Å². The molecule has 2 N–H and O–H groups in total. The van der Waals surface area contributed by atoms with Gasteiger partial charge < -0.3 is 10.3 Å². The molecule has 1 aromatic heterocycles. The Hall–Kier alpha value is -2.47. The summed E-state index contributed by atoms with van der Waals surface area (Å²) in [6.45, 7) is 2.59. The van der Waals surface area contributed by atoms with Crippen LogP contribution >= 0.6 is 0 Å². The first-order valence-corrected chi connectivity index (χ1v) is 8.28. The summed E-state index contributed by atoms with van der Waals surface area (Å²) in [5, 5.41) is 2.96. The van der Waals surface area contributed by atoms with Crippen molar-refractivity contribution in [2.45, 2.75) is 25.3 Å². The van der Waals surface area contributed by atoms with Crippen molar-refractivity contribution in [1.82, 2.24) is 20.2 Å². The minimum absolute atomic E-state index is 0.0263. The summed E-state index contributed by atoms with van der Waals surface area (Å²) in [7, 11) is 0. The van der Waals surface area contributed by atoms with E-state index in [9.17, 15) is 9.59 Å². The van der Waals surface area contributed by atoms with Crippen LogP contribution in [0.3, 0.4) is 0 Å². The molecule has 1 fully saturated rings. The van der Waals surface area contributed by atoms with Gasteiger partial charge in [0, 0.05) is 25.1 Å². The zero-order chi connectivity index (χ0) is 16.8. The maximum atomic E-state index is 12.2. The van der Waals surface area contributed by atoms with Gasteiger partial charge in [0.1, 0.15) is 0 Å². The molecule has 6 heteroatoms. The highest BCUT2D eigenvalue weighted by Gasteiger charge is 2.23. The molecule has 1 aliphatic heterocycles. The monoisotopic (exact) mass is 326 g/mol. The van der Waals surface area contributed by atoms with Crippen molar-refractivity contribution < 1.29 is 4.79 Å².